The molecule has 0 saturated carbocycles. The SMILES string of the molecule is CCn1c(=O)c(C=Nc2ccccc2C)c(O)c2ccccc21. The van der Waals surface area contributed by atoms with E-state index in [-0.39, 0.29) is 16.9 Å². The van der Waals surface area contributed by atoms with Crippen molar-refractivity contribution in [1.82, 2.24) is 4.57 Å². The number of pyridine rings is 1. The number of nitrogens with zero attached hydrogens (tertiary/aromatic N) is 2. The van der Waals surface area contributed by atoms with Crippen molar-refractivity contribution in [2.75, 3.05) is 0 Å². The highest BCUT2D eigenvalue weighted by Gasteiger charge is 2.13. The van der Waals surface area contributed by atoms with E-state index in [1.54, 1.807) is 10.6 Å². The molecule has 0 amide bonds. The summed E-state index contributed by atoms with van der Waals surface area (Å²) in [6.45, 7) is 4.40. The third-order valence-electron chi connectivity index (χ3n) is 3.95. The number of hydrogen-bond acceptors (Lipinski definition) is 3. The van der Waals surface area contributed by atoms with Gasteiger partial charge in [-0.25, -0.2) is 0 Å². The highest BCUT2D eigenvalue weighted by molar-refractivity contribution is 5.95. The molecular weight excluding hydrogens is 288 g/mol. The van der Waals surface area contributed by atoms with Crippen LogP contribution < -0.4 is 5.56 Å². The minimum Gasteiger partial charge on any atom is -0.506 e. The lowest BCUT2D eigenvalue weighted by atomic mass is 10.1. The quantitative estimate of drug-likeness (QED) is 0.749. The first-order valence-electron chi connectivity index (χ1n) is 7.57. The molecule has 0 spiro atoms. The number of fused-ring (bicyclic) bond motifs is 1. The van der Waals surface area contributed by atoms with E-state index in [1.165, 1.54) is 6.21 Å². The Bertz CT molecular complexity index is 955. The van der Waals surface area contributed by atoms with Gasteiger partial charge in [0.25, 0.3) is 5.56 Å². The molecule has 0 bridgehead atoms. The fourth-order valence-electron chi connectivity index (χ4n) is 2.68. The number of aromatic nitrogens is 1. The molecule has 3 aromatic rings. The van der Waals surface area contributed by atoms with Crippen LogP contribution in [0.5, 0.6) is 5.75 Å². The van der Waals surface area contributed by atoms with Crippen molar-refractivity contribution in [1.29, 1.82) is 0 Å². The largest absolute Gasteiger partial charge is 0.506 e. The second kappa shape index (κ2) is 6.08. The number of para-hydroxylation sites is 2. The van der Waals surface area contributed by atoms with Crippen LogP contribution in [0.4, 0.5) is 5.69 Å². The molecule has 4 heteroatoms. The highest BCUT2D eigenvalue weighted by Crippen LogP contribution is 2.26. The zero-order valence-corrected chi connectivity index (χ0v) is 13.2. The predicted octanol–water partition coefficient (Wildman–Crippen LogP) is 3.79. The van der Waals surface area contributed by atoms with Crippen LogP contribution in [0.15, 0.2) is 58.3 Å². The summed E-state index contributed by atoms with van der Waals surface area (Å²) in [6.07, 6.45) is 1.46. The van der Waals surface area contributed by atoms with Crippen LogP contribution in [0.1, 0.15) is 18.1 Å². The summed E-state index contributed by atoms with van der Waals surface area (Å²) in [4.78, 5) is 17.0. The van der Waals surface area contributed by atoms with Crippen LogP contribution in [0.3, 0.4) is 0 Å². The van der Waals surface area contributed by atoms with E-state index in [0.717, 1.165) is 16.8 Å². The normalized spacial score (nSPS) is 11.4. The van der Waals surface area contributed by atoms with Gasteiger partial charge in [-0.3, -0.25) is 9.79 Å². The second-order valence-electron chi connectivity index (χ2n) is 5.37. The van der Waals surface area contributed by atoms with Gasteiger partial charge < -0.3 is 9.67 Å². The molecule has 0 aliphatic carbocycles. The standard InChI is InChI=1S/C19H18N2O2/c1-3-21-17-11-7-5-9-14(17)18(22)15(19(21)23)12-20-16-10-6-4-8-13(16)2/h4-12,22H,3H2,1-2H3. The minimum atomic E-state index is -0.235. The Morgan fingerprint density at radius 1 is 1.13 bits per heavy atom. The van der Waals surface area contributed by atoms with Gasteiger partial charge in [0, 0.05) is 18.1 Å². The Balaban J connectivity index is 2.22. The summed E-state index contributed by atoms with van der Waals surface area (Å²) < 4.78 is 1.65. The third-order valence-corrected chi connectivity index (χ3v) is 3.95. The molecule has 0 fully saturated rings. The first kappa shape index (κ1) is 15.0. The van der Waals surface area contributed by atoms with Gasteiger partial charge in [-0.2, -0.15) is 0 Å². The molecule has 1 heterocycles. The topological polar surface area (TPSA) is 54.6 Å². The summed E-state index contributed by atoms with van der Waals surface area (Å²) in [5.41, 5.74) is 2.50. The van der Waals surface area contributed by atoms with Crippen molar-refractivity contribution in [3.8, 4) is 5.75 Å². The van der Waals surface area contributed by atoms with Gasteiger partial charge in [-0.1, -0.05) is 30.3 Å². The molecule has 1 aromatic heterocycles. The number of hydrogen-bond donors (Lipinski definition) is 1. The summed E-state index contributed by atoms with van der Waals surface area (Å²) in [7, 11) is 0. The average Bonchev–Trinajstić information content (AvgIpc) is 2.57. The Morgan fingerprint density at radius 3 is 2.57 bits per heavy atom. The monoisotopic (exact) mass is 306 g/mol. The molecule has 0 aliphatic heterocycles. The Hall–Kier alpha value is -2.88. The van der Waals surface area contributed by atoms with Gasteiger partial charge in [-0.15, -0.1) is 0 Å². The molecule has 0 atom stereocenters. The molecular formula is C19H18N2O2. The Labute approximate surface area is 134 Å². The number of aliphatic imine (C=N–C) groups is 1. The summed E-state index contributed by atoms with van der Waals surface area (Å²) in [6, 6.07) is 15.0. The van der Waals surface area contributed by atoms with Crippen molar-refractivity contribution in [2.45, 2.75) is 20.4 Å². The van der Waals surface area contributed by atoms with Crippen LogP contribution >= 0.6 is 0 Å². The van der Waals surface area contributed by atoms with Gasteiger partial charge in [0.05, 0.1) is 11.2 Å². The van der Waals surface area contributed by atoms with E-state index in [4.69, 9.17) is 0 Å². The van der Waals surface area contributed by atoms with Crippen molar-refractivity contribution in [3.05, 3.63) is 70.0 Å². The van der Waals surface area contributed by atoms with Crippen molar-refractivity contribution in [2.24, 2.45) is 4.99 Å². The van der Waals surface area contributed by atoms with Crippen molar-refractivity contribution < 1.29 is 5.11 Å². The van der Waals surface area contributed by atoms with Crippen LogP contribution in [0.2, 0.25) is 0 Å². The summed E-state index contributed by atoms with van der Waals surface area (Å²) in [5.74, 6) is -0.0207. The first-order valence-corrected chi connectivity index (χ1v) is 7.57. The van der Waals surface area contributed by atoms with Gasteiger partial charge >= 0.3 is 0 Å². The fraction of sp³-hybridized carbons (Fsp3) is 0.158. The second-order valence-corrected chi connectivity index (χ2v) is 5.37. The molecule has 23 heavy (non-hydrogen) atoms. The van der Waals surface area contributed by atoms with Crippen molar-refractivity contribution >= 4 is 22.8 Å². The summed E-state index contributed by atoms with van der Waals surface area (Å²) in [5, 5.41) is 11.1. The van der Waals surface area contributed by atoms with Crippen LogP contribution in [-0.4, -0.2) is 15.9 Å². The molecule has 0 saturated heterocycles. The lowest BCUT2D eigenvalue weighted by molar-refractivity contribution is 0.478. The molecule has 2 aromatic carbocycles. The van der Waals surface area contributed by atoms with E-state index in [1.807, 2.05) is 56.3 Å². The zero-order valence-electron chi connectivity index (χ0n) is 13.2. The maximum Gasteiger partial charge on any atom is 0.263 e. The smallest absolute Gasteiger partial charge is 0.263 e. The van der Waals surface area contributed by atoms with Crippen LogP contribution in [0, 0.1) is 6.92 Å². The molecule has 0 unspecified atom stereocenters. The van der Waals surface area contributed by atoms with E-state index in [2.05, 4.69) is 4.99 Å². The first-order chi connectivity index (χ1) is 11.1. The van der Waals surface area contributed by atoms with Crippen LogP contribution in [0.25, 0.3) is 10.9 Å². The molecule has 1 N–H and O–H groups in total. The van der Waals surface area contributed by atoms with Gasteiger partial charge in [-0.05, 0) is 37.6 Å². The van der Waals surface area contributed by atoms with E-state index in [0.29, 0.717) is 11.9 Å². The average molecular weight is 306 g/mol. The van der Waals surface area contributed by atoms with Gasteiger partial charge in [0.1, 0.15) is 11.3 Å². The summed E-state index contributed by atoms with van der Waals surface area (Å²) >= 11 is 0. The molecule has 0 aliphatic rings. The fourth-order valence-corrected chi connectivity index (χ4v) is 2.68. The number of aryl methyl sites for hydroxylation is 2. The van der Waals surface area contributed by atoms with E-state index in [9.17, 15) is 9.90 Å². The molecule has 116 valence electrons. The third kappa shape index (κ3) is 2.63. The van der Waals surface area contributed by atoms with Gasteiger partial charge in [0.15, 0.2) is 0 Å². The van der Waals surface area contributed by atoms with E-state index < -0.39 is 0 Å². The lowest BCUT2D eigenvalue weighted by Gasteiger charge is -2.11. The number of benzene rings is 2. The zero-order chi connectivity index (χ0) is 16.4. The Kier molecular flexibility index (Phi) is 3.98. The van der Waals surface area contributed by atoms with E-state index >= 15 is 0 Å². The highest BCUT2D eigenvalue weighted by atomic mass is 16.3. The number of rotatable bonds is 3. The lowest BCUT2D eigenvalue weighted by Crippen LogP contribution is -2.23. The maximum absolute atomic E-state index is 12.7. The Morgan fingerprint density at radius 2 is 1.83 bits per heavy atom. The van der Waals surface area contributed by atoms with Crippen molar-refractivity contribution in [3.63, 3.8) is 0 Å². The molecule has 4 nitrogen and oxygen atoms in total. The van der Waals surface area contributed by atoms with Crippen LogP contribution in [-0.2, 0) is 6.54 Å². The number of aromatic hydroxyl groups is 1. The maximum atomic E-state index is 12.7. The predicted molar refractivity (Wildman–Crippen MR) is 94.0 cm³/mol. The molecule has 0 radical (unpaired) electrons. The van der Waals surface area contributed by atoms with Gasteiger partial charge in [0.2, 0.25) is 0 Å². The minimum absolute atomic E-state index is 0.0207. The molecule has 3 rings (SSSR count).